The van der Waals surface area contributed by atoms with E-state index in [0.29, 0.717) is 12.2 Å². The van der Waals surface area contributed by atoms with Crippen molar-refractivity contribution >= 4 is 17.5 Å². The number of rotatable bonds is 7. The van der Waals surface area contributed by atoms with Crippen LogP contribution in [0.15, 0.2) is 48.5 Å². The van der Waals surface area contributed by atoms with Crippen LogP contribution in [0.2, 0.25) is 0 Å². The first-order valence-electron chi connectivity index (χ1n) is 9.11. The zero-order valence-corrected chi connectivity index (χ0v) is 15.4. The summed E-state index contributed by atoms with van der Waals surface area (Å²) in [5.74, 6) is 0.459. The lowest BCUT2D eigenvalue weighted by atomic mass is 10.1. The SMILES string of the molecule is CCN(CC)CCOC(=O)c1ccc([N+]2=C(N)c3ccccc3C2)cc1. The summed E-state index contributed by atoms with van der Waals surface area (Å²) in [4.78, 5) is 14.4. The summed E-state index contributed by atoms with van der Waals surface area (Å²) in [5, 5.41) is 0. The molecule has 0 amide bonds. The van der Waals surface area contributed by atoms with Crippen LogP contribution in [0, 0.1) is 0 Å². The van der Waals surface area contributed by atoms with Gasteiger partial charge in [-0.2, -0.15) is 0 Å². The molecule has 0 saturated carbocycles. The van der Waals surface area contributed by atoms with Gasteiger partial charge in [-0.15, -0.1) is 0 Å². The molecule has 1 aliphatic rings. The highest BCUT2D eigenvalue weighted by Crippen LogP contribution is 2.24. The first-order chi connectivity index (χ1) is 12.6. The van der Waals surface area contributed by atoms with Gasteiger partial charge in [0.25, 0.3) is 5.84 Å². The molecule has 2 aromatic rings. The summed E-state index contributed by atoms with van der Waals surface area (Å²) in [6, 6.07) is 15.6. The van der Waals surface area contributed by atoms with Crippen LogP contribution in [0.3, 0.4) is 0 Å². The van der Waals surface area contributed by atoms with Crippen molar-refractivity contribution < 1.29 is 14.1 Å². The molecular weight excluding hydrogens is 326 g/mol. The fourth-order valence-electron chi connectivity index (χ4n) is 3.21. The molecule has 0 spiro atoms. The lowest BCUT2D eigenvalue weighted by molar-refractivity contribution is -0.453. The van der Waals surface area contributed by atoms with E-state index in [4.69, 9.17) is 10.5 Å². The summed E-state index contributed by atoms with van der Waals surface area (Å²) in [5.41, 5.74) is 10.1. The molecule has 136 valence electrons. The standard InChI is InChI=1S/C21H25N3O2/c1-3-23(4-2)13-14-26-21(25)16-9-11-18(12-10-16)24-15-17-7-5-6-8-19(17)20(24)22/h5-12,22H,3-4,13-15H2,1-2H3/p+1. The van der Waals surface area contributed by atoms with Gasteiger partial charge in [0, 0.05) is 12.1 Å². The second kappa shape index (κ2) is 8.15. The van der Waals surface area contributed by atoms with Gasteiger partial charge in [0.2, 0.25) is 0 Å². The zero-order chi connectivity index (χ0) is 18.5. The molecule has 26 heavy (non-hydrogen) atoms. The van der Waals surface area contributed by atoms with E-state index in [9.17, 15) is 4.79 Å². The van der Waals surface area contributed by atoms with Crippen molar-refractivity contribution in [3.05, 3.63) is 65.2 Å². The monoisotopic (exact) mass is 352 g/mol. The van der Waals surface area contributed by atoms with Gasteiger partial charge < -0.3 is 9.64 Å². The highest BCUT2D eigenvalue weighted by Gasteiger charge is 2.25. The predicted octanol–water partition coefficient (Wildman–Crippen LogP) is 2.75. The Kier molecular flexibility index (Phi) is 5.68. The number of nitrogens with zero attached hydrogens (tertiary/aromatic N) is 2. The maximum atomic E-state index is 12.2. The van der Waals surface area contributed by atoms with Crippen LogP contribution in [0.5, 0.6) is 0 Å². The number of nitrogens with two attached hydrogens (primary N) is 1. The third-order valence-corrected chi connectivity index (χ3v) is 4.86. The Morgan fingerprint density at radius 3 is 2.46 bits per heavy atom. The third kappa shape index (κ3) is 3.78. The third-order valence-electron chi connectivity index (χ3n) is 4.86. The highest BCUT2D eigenvalue weighted by molar-refractivity contribution is 5.97. The van der Waals surface area contributed by atoms with Gasteiger partial charge in [-0.25, -0.2) is 9.37 Å². The van der Waals surface area contributed by atoms with Gasteiger partial charge in [0.05, 0.1) is 11.1 Å². The van der Waals surface area contributed by atoms with Gasteiger partial charge in [0.1, 0.15) is 18.8 Å². The van der Waals surface area contributed by atoms with Crippen molar-refractivity contribution in [3.8, 4) is 0 Å². The van der Waals surface area contributed by atoms with E-state index in [1.807, 2.05) is 30.3 Å². The summed E-state index contributed by atoms with van der Waals surface area (Å²) in [6.07, 6.45) is 0. The van der Waals surface area contributed by atoms with Crippen LogP contribution >= 0.6 is 0 Å². The minimum Gasteiger partial charge on any atom is -0.461 e. The van der Waals surface area contributed by atoms with E-state index in [-0.39, 0.29) is 5.97 Å². The van der Waals surface area contributed by atoms with Crippen LogP contribution < -0.4 is 5.73 Å². The Labute approximate surface area is 154 Å². The van der Waals surface area contributed by atoms with Crippen molar-refractivity contribution in [1.29, 1.82) is 0 Å². The Balaban J connectivity index is 1.64. The molecule has 0 aromatic heterocycles. The number of likely N-dealkylation sites (N-methyl/N-ethyl adjacent to an activating group) is 1. The average molecular weight is 352 g/mol. The average Bonchev–Trinajstić information content (AvgIpc) is 3.02. The first-order valence-corrected chi connectivity index (χ1v) is 9.11. The molecule has 0 radical (unpaired) electrons. The number of benzene rings is 2. The number of esters is 1. The van der Waals surface area contributed by atoms with Crippen LogP contribution in [0.4, 0.5) is 5.69 Å². The number of fused-ring (bicyclic) bond motifs is 1. The van der Waals surface area contributed by atoms with Crippen LogP contribution in [-0.2, 0) is 11.3 Å². The van der Waals surface area contributed by atoms with Gasteiger partial charge in [-0.3, -0.25) is 5.73 Å². The van der Waals surface area contributed by atoms with E-state index >= 15 is 0 Å². The molecule has 0 bridgehead atoms. The lowest BCUT2D eigenvalue weighted by Crippen LogP contribution is -2.27. The fourth-order valence-corrected chi connectivity index (χ4v) is 3.21. The second-order valence-corrected chi connectivity index (χ2v) is 6.34. The number of hydrogen-bond acceptors (Lipinski definition) is 4. The molecule has 0 atom stereocenters. The highest BCUT2D eigenvalue weighted by atomic mass is 16.5. The summed E-state index contributed by atoms with van der Waals surface area (Å²) < 4.78 is 7.43. The topological polar surface area (TPSA) is 58.6 Å². The van der Waals surface area contributed by atoms with Crippen LogP contribution in [-0.4, -0.2) is 47.5 Å². The molecule has 5 heteroatoms. The van der Waals surface area contributed by atoms with Crippen molar-refractivity contribution in [2.75, 3.05) is 26.2 Å². The number of carbonyl (C=O) groups excluding carboxylic acids is 1. The smallest absolute Gasteiger partial charge is 0.338 e. The minimum absolute atomic E-state index is 0.287. The van der Waals surface area contributed by atoms with Crippen molar-refractivity contribution in [3.63, 3.8) is 0 Å². The van der Waals surface area contributed by atoms with Crippen molar-refractivity contribution in [1.82, 2.24) is 4.90 Å². The molecule has 5 nitrogen and oxygen atoms in total. The quantitative estimate of drug-likeness (QED) is 0.615. The Morgan fingerprint density at radius 1 is 1.12 bits per heavy atom. The number of amidine groups is 1. The molecule has 2 N–H and O–H groups in total. The zero-order valence-electron chi connectivity index (χ0n) is 15.4. The van der Waals surface area contributed by atoms with Gasteiger partial charge in [-0.05, 0) is 43.4 Å². The summed E-state index contributed by atoms with van der Waals surface area (Å²) in [7, 11) is 0. The largest absolute Gasteiger partial charge is 0.461 e. The molecule has 3 rings (SSSR count). The maximum absolute atomic E-state index is 12.2. The Bertz CT molecular complexity index is 808. The first kappa shape index (κ1) is 18.1. The van der Waals surface area contributed by atoms with Crippen molar-refractivity contribution in [2.45, 2.75) is 20.4 Å². The van der Waals surface area contributed by atoms with E-state index in [2.05, 4.69) is 29.4 Å². The predicted molar refractivity (Wildman–Crippen MR) is 103 cm³/mol. The van der Waals surface area contributed by atoms with Crippen LogP contribution in [0.1, 0.15) is 35.3 Å². The van der Waals surface area contributed by atoms with E-state index in [0.717, 1.165) is 43.3 Å². The second-order valence-electron chi connectivity index (χ2n) is 6.34. The van der Waals surface area contributed by atoms with Gasteiger partial charge in [0.15, 0.2) is 0 Å². The maximum Gasteiger partial charge on any atom is 0.338 e. The Morgan fingerprint density at radius 2 is 1.81 bits per heavy atom. The van der Waals surface area contributed by atoms with Gasteiger partial charge in [-0.1, -0.05) is 32.0 Å². The number of ether oxygens (including phenoxy) is 1. The molecular formula is C21H26N3O2+. The van der Waals surface area contributed by atoms with Crippen molar-refractivity contribution in [2.24, 2.45) is 5.73 Å². The van der Waals surface area contributed by atoms with Gasteiger partial charge >= 0.3 is 5.97 Å². The van der Waals surface area contributed by atoms with E-state index in [1.165, 1.54) is 5.56 Å². The fraction of sp³-hybridized carbons (Fsp3) is 0.333. The molecule has 1 heterocycles. The molecule has 2 aromatic carbocycles. The van der Waals surface area contributed by atoms with Crippen LogP contribution in [0.25, 0.3) is 0 Å². The summed E-state index contributed by atoms with van der Waals surface area (Å²) in [6.45, 7) is 8.03. The molecule has 0 saturated heterocycles. The van der Waals surface area contributed by atoms with E-state index in [1.54, 1.807) is 12.1 Å². The van der Waals surface area contributed by atoms with E-state index < -0.39 is 0 Å². The molecule has 0 unspecified atom stereocenters. The number of hydrogen-bond donors (Lipinski definition) is 1. The molecule has 1 aliphatic heterocycles. The molecule has 0 aliphatic carbocycles. The normalized spacial score (nSPS) is 13.2. The number of carbonyl (C=O) groups is 1. The lowest BCUT2D eigenvalue weighted by Gasteiger charge is -2.17. The molecule has 0 fully saturated rings. The summed E-state index contributed by atoms with van der Waals surface area (Å²) >= 11 is 0. The Hall–Kier alpha value is -2.66. The minimum atomic E-state index is -0.287.